The molecule has 2 aliphatic heterocycles. The lowest BCUT2D eigenvalue weighted by Crippen LogP contribution is -2.52. The Hall–Kier alpha value is -3.25. The Bertz CT molecular complexity index is 1130. The van der Waals surface area contributed by atoms with Crippen LogP contribution in [-0.4, -0.2) is 34.2 Å². The summed E-state index contributed by atoms with van der Waals surface area (Å²) in [4.78, 5) is 38.5. The fourth-order valence-electron chi connectivity index (χ4n) is 5.41. The number of hydrogen-bond donors (Lipinski definition) is 2. The average Bonchev–Trinajstić information content (AvgIpc) is 3.22. The SMILES string of the molecule is C=CCC(CC)(CC)NCc1ccc(CCc2cccc3c2CN(C2CCC(=O)NC2=O)C3=O)cc1. The Labute approximate surface area is 214 Å². The van der Waals surface area contributed by atoms with Gasteiger partial charge in [-0.15, -0.1) is 6.58 Å². The zero-order valence-corrected chi connectivity index (χ0v) is 21.4. The summed E-state index contributed by atoms with van der Waals surface area (Å²) in [5.74, 6) is -0.761. The number of carbonyl (C=O) groups is 3. The second-order valence-electron chi connectivity index (χ2n) is 9.99. The van der Waals surface area contributed by atoms with E-state index in [9.17, 15) is 14.4 Å². The maximum atomic E-state index is 13.1. The predicted molar refractivity (Wildman–Crippen MR) is 141 cm³/mol. The van der Waals surface area contributed by atoms with Gasteiger partial charge in [0.05, 0.1) is 0 Å². The van der Waals surface area contributed by atoms with E-state index in [0.717, 1.165) is 49.8 Å². The summed E-state index contributed by atoms with van der Waals surface area (Å²) in [7, 11) is 0. The van der Waals surface area contributed by atoms with E-state index in [4.69, 9.17) is 0 Å². The molecule has 0 aromatic heterocycles. The van der Waals surface area contributed by atoms with Crippen LogP contribution < -0.4 is 10.6 Å². The molecule has 6 heteroatoms. The molecule has 1 saturated heterocycles. The van der Waals surface area contributed by atoms with Crippen LogP contribution in [0, 0.1) is 0 Å². The van der Waals surface area contributed by atoms with Crippen molar-refractivity contribution in [2.45, 2.75) is 83.5 Å². The van der Waals surface area contributed by atoms with Crippen LogP contribution in [0.15, 0.2) is 55.1 Å². The molecule has 0 bridgehead atoms. The number of aryl methyl sites for hydroxylation is 2. The summed E-state index contributed by atoms with van der Waals surface area (Å²) in [6.45, 7) is 9.62. The summed E-state index contributed by atoms with van der Waals surface area (Å²) >= 11 is 0. The molecule has 2 aromatic carbocycles. The van der Waals surface area contributed by atoms with Crippen molar-refractivity contribution in [3.05, 3.63) is 82.9 Å². The van der Waals surface area contributed by atoms with Crippen molar-refractivity contribution in [1.82, 2.24) is 15.5 Å². The van der Waals surface area contributed by atoms with E-state index in [-0.39, 0.29) is 29.7 Å². The molecule has 2 aromatic rings. The highest BCUT2D eigenvalue weighted by Gasteiger charge is 2.39. The Morgan fingerprint density at radius 3 is 2.44 bits per heavy atom. The fourth-order valence-corrected chi connectivity index (χ4v) is 5.41. The normalized spacial score (nSPS) is 17.8. The Kier molecular flexibility index (Phi) is 8.04. The van der Waals surface area contributed by atoms with Gasteiger partial charge in [0.2, 0.25) is 11.8 Å². The molecule has 0 saturated carbocycles. The first-order valence-electron chi connectivity index (χ1n) is 13.1. The van der Waals surface area contributed by atoms with Gasteiger partial charge >= 0.3 is 0 Å². The molecule has 0 aliphatic carbocycles. The minimum atomic E-state index is -0.581. The van der Waals surface area contributed by atoms with Gasteiger partial charge in [-0.3, -0.25) is 19.7 Å². The van der Waals surface area contributed by atoms with Gasteiger partial charge < -0.3 is 10.2 Å². The van der Waals surface area contributed by atoms with Crippen LogP contribution >= 0.6 is 0 Å². The fraction of sp³-hybridized carbons (Fsp3) is 0.433. The van der Waals surface area contributed by atoms with Gasteiger partial charge in [0, 0.05) is 30.6 Å². The van der Waals surface area contributed by atoms with Crippen LogP contribution in [0.5, 0.6) is 0 Å². The maximum Gasteiger partial charge on any atom is 0.255 e. The number of carbonyl (C=O) groups excluding carboxylic acids is 3. The van der Waals surface area contributed by atoms with Crippen LogP contribution in [0.3, 0.4) is 0 Å². The van der Waals surface area contributed by atoms with Gasteiger partial charge in [0.25, 0.3) is 5.91 Å². The number of hydrogen-bond acceptors (Lipinski definition) is 4. The molecule has 2 N–H and O–H groups in total. The summed E-state index contributed by atoms with van der Waals surface area (Å²) in [6, 6.07) is 14.0. The highest BCUT2D eigenvalue weighted by Crippen LogP contribution is 2.30. The van der Waals surface area contributed by atoms with Gasteiger partial charge in [0.15, 0.2) is 0 Å². The Balaban J connectivity index is 1.38. The highest BCUT2D eigenvalue weighted by atomic mass is 16.2. The first-order valence-corrected chi connectivity index (χ1v) is 13.1. The lowest BCUT2D eigenvalue weighted by molar-refractivity contribution is -0.136. The van der Waals surface area contributed by atoms with E-state index in [1.807, 2.05) is 18.2 Å². The van der Waals surface area contributed by atoms with E-state index in [0.29, 0.717) is 18.5 Å². The molecular weight excluding hydrogens is 450 g/mol. The molecule has 3 amide bonds. The first kappa shape index (κ1) is 25.8. The van der Waals surface area contributed by atoms with E-state index < -0.39 is 6.04 Å². The number of benzene rings is 2. The third-order valence-electron chi connectivity index (χ3n) is 7.94. The van der Waals surface area contributed by atoms with Gasteiger partial charge in [-0.25, -0.2) is 0 Å². The van der Waals surface area contributed by atoms with Gasteiger partial charge in [-0.05, 0) is 66.8 Å². The Morgan fingerprint density at radius 2 is 1.78 bits per heavy atom. The second-order valence-corrected chi connectivity index (χ2v) is 9.99. The third kappa shape index (κ3) is 5.44. The summed E-state index contributed by atoms with van der Waals surface area (Å²) in [5.41, 5.74) is 5.44. The topological polar surface area (TPSA) is 78.5 Å². The van der Waals surface area contributed by atoms with Crippen LogP contribution in [-0.2, 0) is 35.5 Å². The van der Waals surface area contributed by atoms with Crippen molar-refractivity contribution in [3.63, 3.8) is 0 Å². The number of rotatable bonds is 11. The minimum Gasteiger partial charge on any atom is -0.322 e. The van der Waals surface area contributed by atoms with Crippen LogP contribution in [0.1, 0.15) is 78.6 Å². The smallest absolute Gasteiger partial charge is 0.255 e. The zero-order valence-electron chi connectivity index (χ0n) is 21.4. The first-order chi connectivity index (χ1) is 17.4. The zero-order chi connectivity index (χ0) is 25.7. The van der Waals surface area contributed by atoms with Gasteiger partial charge in [-0.1, -0.05) is 56.3 Å². The Morgan fingerprint density at radius 1 is 1.06 bits per heavy atom. The molecule has 1 fully saturated rings. The minimum absolute atomic E-state index is 0.104. The molecule has 1 unspecified atom stereocenters. The van der Waals surface area contributed by atoms with Crippen LogP contribution in [0.4, 0.5) is 0 Å². The van der Waals surface area contributed by atoms with Crippen molar-refractivity contribution in [2.24, 2.45) is 0 Å². The molecule has 2 aliphatic rings. The predicted octanol–water partition coefficient (Wildman–Crippen LogP) is 4.46. The largest absolute Gasteiger partial charge is 0.322 e. The quantitative estimate of drug-likeness (QED) is 0.362. The molecule has 1 atom stereocenters. The van der Waals surface area contributed by atoms with Crippen molar-refractivity contribution < 1.29 is 14.4 Å². The number of imide groups is 1. The summed E-state index contributed by atoms with van der Waals surface area (Å²) in [6.07, 6.45) is 7.45. The summed E-state index contributed by atoms with van der Waals surface area (Å²) in [5, 5.41) is 6.11. The standard InChI is InChI=1S/C30H37N3O3/c1-4-18-30(5-2,6-3)31-19-22-12-10-21(11-13-22)14-15-23-8-7-9-24-25(23)20-33(29(24)36)26-16-17-27(34)32-28(26)35/h4,7-13,26,31H,1,5-6,14-20H2,2-3H3,(H,32,34,35). The third-order valence-corrected chi connectivity index (χ3v) is 7.94. The number of nitrogens with zero attached hydrogens (tertiary/aromatic N) is 1. The number of nitrogens with one attached hydrogen (secondary N) is 2. The highest BCUT2D eigenvalue weighted by molar-refractivity contribution is 6.05. The van der Waals surface area contributed by atoms with Gasteiger partial charge in [0.1, 0.15) is 6.04 Å². The average molecular weight is 488 g/mol. The molecule has 0 radical (unpaired) electrons. The van der Waals surface area contributed by atoms with Crippen molar-refractivity contribution in [2.75, 3.05) is 0 Å². The van der Waals surface area contributed by atoms with Crippen molar-refractivity contribution in [3.8, 4) is 0 Å². The van der Waals surface area contributed by atoms with E-state index >= 15 is 0 Å². The molecule has 190 valence electrons. The van der Waals surface area contributed by atoms with Crippen molar-refractivity contribution in [1.29, 1.82) is 0 Å². The van der Waals surface area contributed by atoms with Crippen molar-refractivity contribution >= 4 is 17.7 Å². The maximum absolute atomic E-state index is 13.1. The molecule has 36 heavy (non-hydrogen) atoms. The molecule has 6 nitrogen and oxygen atoms in total. The van der Waals surface area contributed by atoms with Crippen LogP contribution in [0.2, 0.25) is 0 Å². The lowest BCUT2D eigenvalue weighted by atomic mass is 9.88. The molecule has 0 spiro atoms. The number of amides is 3. The second kappa shape index (κ2) is 11.2. The van der Waals surface area contributed by atoms with E-state index in [2.05, 4.69) is 61.4 Å². The number of piperidine rings is 1. The van der Waals surface area contributed by atoms with Crippen LogP contribution in [0.25, 0.3) is 0 Å². The lowest BCUT2D eigenvalue weighted by Gasteiger charge is -2.32. The molecular formula is C30H37N3O3. The monoisotopic (exact) mass is 487 g/mol. The molecule has 2 heterocycles. The summed E-state index contributed by atoms with van der Waals surface area (Å²) < 4.78 is 0. The molecule has 4 rings (SSSR count). The number of fused-ring (bicyclic) bond motifs is 1. The van der Waals surface area contributed by atoms with Gasteiger partial charge in [-0.2, -0.15) is 0 Å². The van der Waals surface area contributed by atoms with E-state index in [1.54, 1.807) is 4.90 Å². The van der Waals surface area contributed by atoms with E-state index in [1.165, 1.54) is 11.1 Å².